The number of oxime groups is 1. The normalized spacial score (nSPS) is 33.4. The highest BCUT2D eigenvalue weighted by atomic mass is 16.7. The molecule has 0 bridgehead atoms. The fraction of sp³-hybridized carbons (Fsp3) is 0.722. The number of aromatic nitrogens is 2. The van der Waals surface area contributed by atoms with Gasteiger partial charge in [-0.3, -0.25) is 4.79 Å². The van der Waals surface area contributed by atoms with Crippen LogP contribution in [0.25, 0.3) is 0 Å². The van der Waals surface area contributed by atoms with Gasteiger partial charge in [0.2, 0.25) is 0 Å². The molecule has 4 rings (SSSR count). The van der Waals surface area contributed by atoms with E-state index in [1.165, 1.54) is 5.71 Å². The fourth-order valence-electron chi connectivity index (χ4n) is 4.30. The molecule has 3 heterocycles. The molecule has 6 nitrogen and oxygen atoms in total. The number of hydrogen-bond donors (Lipinski definition) is 0. The number of amides is 1. The highest BCUT2D eigenvalue weighted by Gasteiger charge is 2.69. The summed E-state index contributed by atoms with van der Waals surface area (Å²) >= 11 is 0. The Morgan fingerprint density at radius 3 is 2.46 bits per heavy atom. The van der Waals surface area contributed by atoms with Crippen LogP contribution in [0.1, 0.15) is 57.6 Å². The van der Waals surface area contributed by atoms with E-state index in [-0.39, 0.29) is 16.9 Å². The topological polar surface area (TPSA) is 59.7 Å². The van der Waals surface area contributed by atoms with Crippen LogP contribution in [0.5, 0.6) is 0 Å². The minimum atomic E-state index is -0.186. The van der Waals surface area contributed by atoms with Gasteiger partial charge < -0.3 is 14.3 Å². The Hall–Kier alpha value is -1.85. The van der Waals surface area contributed by atoms with Crippen LogP contribution < -0.4 is 0 Å². The van der Waals surface area contributed by atoms with Gasteiger partial charge in [-0.2, -0.15) is 0 Å². The average molecular weight is 330 g/mol. The molecule has 0 radical (unpaired) electrons. The molecule has 1 aliphatic carbocycles. The van der Waals surface area contributed by atoms with Gasteiger partial charge in [0.05, 0.1) is 12.0 Å². The summed E-state index contributed by atoms with van der Waals surface area (Å²) in [4.78, 5) is 24.5. The lowest BCUT2D eigenvalue weighted by Gasteiger charge is -2.24. The van der Waals surface area contributed by atoms with Crippen molar-refractivity contribution in [3.8, 4) is 0 Å². The quantitative estimate of drug-likeness (QED) is 0.856. The third kappa shape index (κ3) is 2.19. The number of piperidine rings is 1. The van der Waals surface area contributed by atoms with E-state index in [1.54, 1.807) is 6.33 Å². The molecule has 3 atom stereocenters. The Balaban J connectivity index is 1.42. The predicted octanol–water partition coefficient (Wildman–Crippen LogP) is 2.73. The maximum absolute atomic E-state index is 12.7. The Bertz CT molecular complexity index is 706. The lowest BCUT2D eigenvalue weighted by atomic mass is 9.88. The lowest BCUT2D eigenvalue weighted by molar-refractivity contribution is 0.0123. The Kier molecular flexibility index (Phi) is 3.15. The van der Waals surface area contributed by atoms with Crippen molar-refractivity contribution in [2.24, 2.45) is 22.4 Å². The molecule has 1 amide bonds. The standard InChI is InChI=1S/C18H26N4O2/c1-11(2)22-9-14(19-10-22)16(23)21-7-12-13(8-21)18(12,5)15-6-17(3,4)24-20-15/h9-13H,6-8H2,1-5H3/t12-,13+,18?. The molecule has 24 heavy (non-hydrogen) atoms. The Labute approximate surface area is 142 Å². The number of fused-ring (bicyclic) bond motifs is 1. The first-order valence-electron chi connectivity index (χ1n) is 8.80. The summed E-state index contributed by atoms with van der Waals surface area (Å²) in [5, 5.41) is 4.35. The summed E-state index contributed by atoms with van der Waals surface area (Å²) < 4.78 is 1.97. The molecule has 2 fully saturated rings. The van der Waals surface area contributed by atoms with E-state index in [0.29, 0.717) is 23.6 Å². The van der Waals surface area contributed by atoms with Gasteiger partial charge in [-0.15, -0.1) is 0 Å². The Morgan fingerprint density at radius 2 is 1.96 bits per heavy atom. The second-order valence-electron chi connectivity index (χ2n) is 8.57. The lowest BCUT2D eigenvalue weighted by Crippen LogP contribution is -2.36. The predicted molar refractivity (Wildman–Crippen MR) is 90.8 cm³/mol. The van der Waals surface area contributed by atoms with Crippen LogP contribution in [0.15, 0.2) is 17.7 Å². The summed E-state index contributed by atoms with van der Waals surface area (Å²) in [6.07, 6.45) is 4.49. The zero-order chi connectivity index (χ0) is 17.3. The van der Waals surface area contributed by atoms with Crippen LogP contribution in [-0.4, -0.2) is 44.8 Å². The average Bonchev–Trinajstić information content (AvgIpc) is 3.04. The molecule has 6 heteroatoms. The molecule has 3 aliphatic rings. The smallest absolute Gasteiger partial charge is 0.274 e. The maximum atomic E-state index is 12.7. The number of likely N-dealkylation sites (tertiary alicyclic amines) is 1. The van der Waals surface area contributed by atoms with Crippen LogP contribution in [0.2, 0.25) is 0 Å². The number of carbonyl (C=O) groups excluding carboxylic acids is 1. The number of nitrogens with zero attached hydrogens (tertiary/aromatic N) is 4. The van der Waals surface area contributed by atoms with Crippen molar-refractivity contribution in [1.82, 2.24) is 14.5 Å². The van der Waals surface area contributed by atoms with E-state index < -0.39 is 0 Å². The van der Waals surface area contributed by atoms with Gasteiger partial charge in [0.25, 0.3) is 5.91 Å². The van der Waals surface area contributed by atoms with E-state index in [9.17, 15) is 4.79 Å². The van der Waals surface area contributed by atoms with Gasteiger partial charge in [0.1, 0.15) is 11.3 Å². The molecular weight excluding hydrogens is 304 g/mol. The fourth-order valence-corrected chi connectivity index (χ4v) is 4.30. The summed E-state index contributed by atoms with van der Waals surface area (Å²) in [7, 11) is 0. The minimum absolute atomic E-state index is 0.0499. The van der Waals surface area contributed by atoms with Crippen molar-refractivity contribution in [3.63, 3.8) is 0 Å². The van der Waals surface area contributed by atoms with Crippen molar-refractivity contribution in [2.45, 2.75) is 52.7 Å². The van der Waals surface area contributed by atoms with Crippen molar-refractivity contribution in [1.29, 1.82) is 0 Å². The molecule has 130 valence electrons. The van der Waals surface area contributed by atoms with Crippen LogP contribution in [0, 0.1) is 17.3 Å². The third-order valence-electron chi connectivity index (χ3n) is 6.07. The second-order valence-corrected chi connectivity index (χ2v) is 8.57. The molecule has 1 unspecified atom stereocenters. The summed E-state index contributed by atoms with van der Waals surface area (Å²) in [5.74, 6) is 1.06. The van der Waals surface area contributed by atoms with E-state index >= 15 is 0 Å². The van der Waals surface area contributed by atoms with Crippen LogP contribution in [-0.2, 0) is 4.84 Å². The van der Waals surface area contributed by atoms with E-state index in [1.807, 2.05) is 15.7 Å². The van der Waals surface area contributed by atoms with Gasteiger partial charge >= 0.3 is 0 Å². The zero-order valence-corrected chi connectivity index (χ0v) is 15.1. The van der Waals surface area contributed by atoms with Crippen LogP contribution >= 0.6 is 0 Å². The number of hydrogen-bond acceptors (Lipinski definition) is 4. The SMILES string of the molecule is CC(C)n1cnc(C(=O)N2C[C@@H]3[C@H](C2)C3(C)C2=NOC(C)(C)C2)c1. The number of imidazole rings is 1. The third-order valence-corrected chi connectivity index (χ3v) is 6.07. The summed E-state index contributed by atoms with van der Waals surface area (Å²) in [6.45, 7) is 12.2. The van der Waals surface area contributed by atoms with Crippen molar-refractivity contribution >= 4 is 11.6 Å². The molecule has 1 aromatic heterocycles. The molecule has 0 N–H and O–H groups in total. The van der Waals surface area contributed by atoms with Crippen LogP contribution in [0.4, 0.5) is 0 Å². The van der Waals surface area contributed by atoms with Crippen molar-refractivity contribution in [2.75, 3.05) is 13.1 Å². The van der Waals surface area contributed by atoms with Crippen molar-refractivity contribution < 1.29 is 9.63 Å². The van der Waals surface area contributed by atoms with Crippen LogP contribution in [0.3, 0.4) is 0 Å². The van der Waals surface area contributed by atoms with Gasteiger partial charge in [-0.1, -0.05) is 12.1 Å². The number of rotatable bonds is 3. The largest absolute Gasteiger partial charge is 0.389 e. The minimum Gasteiger partial charge on any atom is -0.389 e. The van der Waals surface area contributed by atoms with E-state index in [0.717, 1.165) is 19.5 Å². The summed E-state index contributed by atoms with van der Waals surface area (Å²) in [6, 6.07) is 0.318. The van der Waals surface area contributed by atoms with Gasteiger partial charge in [0.15, 0.2) is 0 Å². The maximum Gasteiger partial charge on any atom is 0.274 e. The van der Waals surface area contributed by atoms with Gasteiger partial charge in [0, 0.05) is 37.2 Å². The molecule has 1 aromatic rings. The molecule has 0 aromatic carbocycles. The van der Waals surface area contributed by atoms with Crippen molar-refractivity contribution in [3.05, 3.63) is 18.2 Å². The highest BCUT2D eigenvalue weighted by Crippen LogP contribution is 2.64. The van der Waals surface area contributed by atoms with E-state index in [4.69, 9.17) is 4.84 Å². The molecular formula is C18H26N4O2. The zero-order valence-electron chi connectivity index (χ0n) is 15.1. The van der Waals surface area contributed by atoms with E-state index in [2.05, 4.69) is 44.8 Å². The monoisotopic (exact) mass is 330 g/mol. The number of carbonyl (C=O) groups is 1. The molecule has 0 spiro atoms. The first-order valence-corrected chi connectivity index (χ1v) is 8.80. The second kappa shape index (κ2) is 4.83. The van der Waals surface area contributed by atoms with Gasteiger partial charge in [-0.05, 0) is 39.5 Å². The molecule has 1 saturated carbocycles. The first kappa shape index (κ1) is 15.7. The molecule has 1 saturated heterocycles. The van der Waals surface area contributed by atoms with Gasteiger partial charge in [-0.25, -0.2) is 4.98 Å². The summed E-state index contributed by atoms with van der Waals surface area (Å²) in [5.41, 5.74) is 1.66. The Morgan fingerprint density at radius 1 is 1.29 bits per heavy atom. The molecule has 2 aliphatic heterocycles. The highest BCUT2D eigenvalue weighted by molar-refractivity contribution is 5.96. The first-order chi connectivity index (χ1) is 11.2.